The highest BCUT2D eigenvalue weighted by Crippen LogP contribution is 2.24. The minimum absolute atomic E-state index is 0.0925. The standard InChI is InChI=1S/C14H15NO4S/c1-10-9-11(16)3-8-14(10)15-20(17,18)13-6-4-12(19-2)5-7-13/h3-9,15-16H,1-2H3. The van der Waals surface area contributed by atoms with E-state index < -0.39 is 10.0 Å². The Morgan fingerprint density at radius 2 is 1.75 bits per heavy atom. The number of aromatic hydroxyl groups is 1. The summed E-state index contributed by atoms with van der Waals surface area (Å²) in [5.41, 5.74) is 1.07. The summed E-state index contributed by atoms with van der Waals surface area (Å²) in [4.78, 5) is 0.144. The highest BCUT2D eigenvalue weighted by atomic mass is 32.2. The number of aryl methyl sites for hydroxylation is 1. The fourth-order valence-electron chi connectivity index (χ4n) is 1.72. The van der Waals surface area contributed by atoms with Gasteiger partial charge in [0.1, 0.15) is 11.5 Å². The van der Waals surface area contributed by atoms with E-state index in [1.807, 2.05) is 0 Å². The quantitative estimate of drug-likeness (QED) is 0.849. The molecule has 0 heterocycles. The normalized spacial score (nSPS) is 11.1. The van der Waals surface area contributed by atoms with Gasteiger partial charge in [0.2, 0.25) is 0 Å². The minimum Gasteiger partial charge on any atom is -0.508 e. The number of methoxy groups -OCH3 is 1. The molecule has 2 rings (SSSR count). The van der Waals surface area contributed by atoms with Crippen molar-refractivity contribution in [3.05, 3.63) is 48.0 Å². The van der Waals surface area contributed by atoms with E-state index >= 15 is 0 Å². The van der Waals surface area contributed by atoms with Crippen LogP contribution >= 0.6 is 0 Å². The second-order valence-corrected chi connectivity index (χ2v) is 5.96. The van der Waals surface area contributed by atoms with Crippen molar-refractivity contribution >= 4 is 15.7 Å². The Morgan fingerprint density at radius 1 is 1.10 bits per heavy atom. The summed E-state index contributed by atoms with van der Waals surface area (Å²) < 4.78 is 31.9. The number of anilines is 1. The van der Waals surface area contributed by atoms with Gasteiger partial charge in [0.25, 0.3) is 10.0 Å². The van der Waals surface area contributed by atoms with Gasteiger partial charge in [0, 0.05) is 0 Å². The number of benzene rings is 2. The van der Waals surface area contributed by atoms with Crippen molar-refractivity contribution in [1.82, 2.24) is 0 Å². The average molecular weight is 293 g/mol. The molecule has 0 aliphatic heterocycles. The van der Waals surface area contributed by atoms with E-state index in [9.17, 15) is 13.5 Å². The van der Waals surface area contributed by atoms with Crippen LogP contribution in [-0.4, -0.2) is 20.6 Å². The summed E-state index contributed by atoms with van der Waals surface area (Å²) in [5.74, 6) is 0.680. The monoisotopic (exact) mass is 293 g/mol. The SMILES string of the molecule is COc1ccc(S(=O)(=O)Nc2ccc(O)cc2C)cc1. The first kappa shape index (κ1) is 14.2. The first-order chi connectivity index (χ1) is 9.42. The van der Waals surface area contributed by atoms with Crippen molar-refractivity contribution in [2.75, 3.05) is 11.8 Å². The summed E-state index contributed by atoms with van der Waals surface area (Å²) in [6.07, 6.45) is 0. The molecule has 0 aliphatic rings. The Kier molecular flexibility index (Phi) is 3.85. The molecule has 0 aromatic heterocycles. The van der Waals surface area contributed by atoms with Gasteiger partial charge in [0.05, 0.1) is 17.7 Å². The van der Waals surface area contributed by atoms with Crippen molar-refractivity contribution < 1.29 is 18.3 Å². The molecule has 2 aromatic carbocycles. The van der Waals surface area contributed by atoms with Crippen LogP contribution in [0.5, 0.6) is 11.5 Å². The van der Waals surface area contributed by atoms with E-state index in [0.717, 1.165) is 0 Å². The van der Waals surface area contributed by atoms with Crippen LogP contribution in [0.25, 0.3) is 0 Å². The van der Waals surface area contributed by atoms with Crippen molar-refractivity contribution in [3.8, 4) is 11.5 Å². The van der Waals surface area contributed by atoms with Gasteiger partial charge in [-0.2, -0.15) is 0 Å². The topological polar surface area (TPSA) is 75.6 Å². The summed E-state index contributed by atoms with van der Waals surface area (Å²) in [6.45, 7) is 1.71. The van der Waals surface area contributed by atoms with Crippen molar-refractivity contribution in [2.45, 2.75) is 11.8 Å². The molecule has 6 heteroatoms. The number of ether oxygens (including phenoxy) is 1. The molecule has 0 saturated heterocycles. The zero-order chi connectivity index (χ0) is 14.8. The third-order valence-corrected chi connectivity index (χ3v) is 4.21. The molecular weight excluding hydrogens is 278 g/mol. The van der Waals surface area contributed by atoms with Crippen molar-refractivity contribution in [1.29, 1.82) is 0 Å². The second kappa shape index (κ2) is 5.42. The van der Waals surface area contributed by atoms with Crippen molar-refractivity contribution in [3.63, 3.8) is 0 Å². The van der Waals surface area contributed by atoms with E-state index in [2.05, 4.69) is 4.72 Å². The number of rotatable bonds is 4. The summed E-state index contributed by atoms with van der Waals surface area (Å²) >= 11 is 0. The highest BCUT2D eigenvalue weighted by Gasteiger charge is 2.15. The van der Waals surface area contributed by atoms with Crippen molar-refractivity contribution in [2.24, 2.45) is 0 Å². The van der Waals surface area contributed by atoms with Crippen LogP contribution in [0, 0.1) is 6.92 Å². The van der Waals surface area contributed by atoms with Crippen LogP contribution in [0.15, 0.2) is 47.4 Å². The van der Waals surface area contributed by atoms with E-state index in [1.54, 1.807) is 19.1 Å². The summed E-state index contributed by atoms with van der Waals surface area (Å²) in [7, 11) is -2.15. The number of nitrogens with one attached hydrogen (secondary N) is 1. The Bertz CT molecular complexity index is 708. The number of hydrogen-bond acceptors (Lipinski definition) is 4. The van der Waals surface area contributed by atoms with Crippen LogP contribution in [0.3, 0.4) is 0 Å². The highest BCUT2D eigenvalue weighted by molar-refractivity contribution is 7.92. The largest absolute Gasteiger partial charge is 0.508 e. The maximum atomic E-state index is 12.2. The van der Waals surface area contributed by atoms with Gasteiger partial charge >= 0.3 is 0 Å². The molecule has 0 amide bonds. The van der Waals surface area contributed by atoms with Crippen LogP contribution < -0.4 is 9.46 Å². The average Bonchev–Trinajstić information content (AvgIpc) is 2.42. The molecule has 0 aliphatic carbocycles. The number of phenolic OH excluding ortho intramolecular Hbond substituents is 1. The van der Waals surface area contributed by atoms with Crippen LogP contribution in [0.2, 0.25) is 0 Å². The molecule has 2 aromatic rings. The molecule has 0 fully saturated rings. The lowest BCUT2D eigenvalue weighted by Crippen LogP contribution is -2.13. The zero-order valence-corrected chi connectivity index (χ0v) is 11.9. The summed E-state index contributed by atoms with van der Waals surface area (Å²) in [6, 6.07) is 10.5. The first-order valence-corrected chi connectivity index (χ1v) is 7.37. The molecule has 0 spiro atoms. The Hall–Kier alpha value is -2.21. The molecule has 0 radical (unpaired) electrons. The number of phenols is 1. The van der Waals surface area contributed by atoms with E-state index in [-0.39, 0.29) is 10.6 Å². The second-order valence-electron chi connectivity index (χ2n) is 4.28. The van der Waals surface area contributed by atoms with Gasteiger partial charge in [-0.05, 0) is 55.0 Å². The first-order valence-electron chi connectivity index (χ1n) is 5.89. The molecule has 20 heavy (non-hydrogen) atoms. The van der Waals surface area contributed by atoms with Crippen LogP contribution in [-0.2, 0) is 10.0 Å². The van der Waals surface area contributed by atoms with Gasteiger partial charge in [0.15, 0.2) is 0 Å². The molecule has 106 valence electrons. The Labute approximate surface area is 117 Å². The maximum absolute atomic E-state index is 12.2. The molecular formula is C14H15NO4S. The van der Waals surface area contributed by atoms with Crippen LogP contribution in [0.4, 0.5) is 5.69 Å². The number of sulfonamides is 1. The minimum atomic E-state index is -3.66. The zero-order valence-electron chi connectivity index (χ0n) is 11.1. The van der Waals surface area contributed by atoms with Crippen LogP contribution in [0.1, 0.15) is 5.56 Å². The van der Waals surface area contributed by atoms with Gasteiger partial charge in [-0.25, -0.2) is 8.42 Å². The molecule has 0 unspecified atom stereocenters. The third-order valence-electron chi connectivity index (χ3n) is 2.82. The molecule has 2 N–H and O–H groups in total. The Balaban J connectivity index is 2.30. The lowest BCUT2D eigenvalue weighted by molar-refractivity contribution is 0.414. The number of hydrogen-bond donors (Lipinski definition) is 2. The molecule has 0 atom stereocenters. The van der Waals surface area contributed by atoms with E-state index in [1.165, 1.54) is 37.4 Å². The predicted octanol–water partition coefficient (Wildman–Crippen LogP) is 2.51. The third kappa shape index (κ3) is 3.03. The van der Waals surface area contributed by atoms with Gasteiger partial charge in [-0.3, -0.25) is 4.72 Å². The van der Waals surface area contributed by atoms with E-state index in [0.29, 0.717) is 17.0 Å². The smallest absolute Gasteiger partial charge is 0.261 e. The fraction of sp³-hybridized carbons (Fsp3) is 0.143. The maximum Gasteiger partial charge on any atom is 0.261 e. The molecule has 0 saturated carbocycles. The molecule has 5 nitrogen and oxygen atoms in total. The van der Waals surface area contributed by atoms with Gasteiger partial charge < -0.3 is 9.84 Å². The van der Waals surface area contributed by atoms with Gasteiger partial charge in [-0.1, -0.05) is 0 Å². The predicted molar refractivity (Wildman–Crippen MR) is 76.6 cm³/mol. The van der Waals surface area contributed by atoms with Gasteiger partial charge in [-0.15, -0.1) is 0 Å². The molecule has 0 bridgehead atoms. The fourth-order valence-corrected chi connectivity index (χ4v) is 2.85. The van der Waals surface area contributed by atoms with E-state index in [4.69, 9.17) is 4.74 Å². The Morgan fingerprint density at radius 3 is 2.30 bits per heavy atom. The summed E-state index contributed by atoms with van der Waals surface area (Å²) in [5, 5.41) is 9.32. The lowest BCUT2D eigenvalue weighted by Gasteiger charge is -2.11. The lowest BCUT2D eigenvalue weighted by atomic mass is 10.2.